The molecule has 1 aromatic carbocycles. The van der Waals surface area contributed by atoms with Crippen LogP contribution in [0.4, 0.5) is 4.79 Å². The SMILES string of the molecule is NCCN(CCc1ccc(Cl)cc1)C1CCN(C(=O)O)CC1. The second-order valence-electron chi connectivity index (χ2n) is 5.70. The van der Waals surface area contributed by atoms with E-state index in [0.29, 0.717) is 25.7 Å². The van der Waals surface area contributed by atoms with Gasteiger partial charge in [0.15, 0.2) is 0 Å². The molecule has 1 aliphatic heterocycles. The number of piperidine rings is 1. The van der Waals surface area contributed by atoms with E-state index >= 15 is 0 Å². The van der Waals surface area contributed by atoms with E-state index in [0.717, 1.165) is 37.4 Å². The molecule has 1 amide bonds. The highest BCUT2D eigenvalue weighted by molar-refractivity contribution is 6.30. The van der Waals surface area contributed by atoms with Gasteiger partial charge in [-0.05, 0) is 37.0 Å². The molecule has 122 valence electrons. The van der Waals surface area contributed by atoms with Gasteiger partial charge >= 0.3 is 6.09 Å². The Balaban J connectivity index is 1.87. The van der Waals surface area contributed by atoms with E-state index in [1.807, 2.05) is 12.1 Å². The molecule has 0 aromatic heterocycles. The fraction of sp³-hybridized carbons (Fsp3) is 0.562. The first-order chi connectivity index (χ1) is 10.6. The molecular formula is C16H24ClN3O2. The van der Waals surface area contributed by atoms with Gasteiger partial charge in [-0.25, -0.2) is 4.79 Å². The molecule has 2 rings (SSSR count). The Morgan fingerprint density at radius 2 is 1.91 bits per heavy atom. The van der Waals surface area contributed by atoms with Crippen molar-refractivity contribution in [1.29, 1.82) is 0 Å². The fourth-order valence-corrected chi connectivity index (χ4v) is 3.11. The Hall–Kier alpha value is -1.30. The van der Waals surface area contributed by atoms with Gasteiger partial charge in [-0.1, -0.05) is 23.7 Å². The highest BCUT2D eigenvalue weighted by Gasteiger charge is 2.26. The van der Waals surface area contributed by atoms with E-state index in [1.165, 1.54) is 10.5 Å². The van der Waals surface area contributed by atoms with Crippen molar-refractivity contribution in [3.63, 3.8) is 0 Å². The average Bonchev–Trinajstić information content (AvgIpc) is 2.53. The summed E-state index contributed by atoms with van der Waals surface area (Å²) in [7, 11) is 0. The molecule has 0 bridgehead atoms. The third-order valence-corrected chi connectivity index (χ3v) is 4.52. The van der Waals surface area contributed by atoms with Crippen LogP contribution in [0.15, 0.2) is 24.3 Å². The molecule has 0 atom stereocenters. The maximum atomic E-state index is 11.0. The van der Waals surface area contributed by atoms with Crippen LogP contribution in [0.3, 0.4) is 0 Å². The number of benzene rings is 1. The molecule has 0 radical (unpaired) electrons. The van der Waals surface area contributed by atoms with E-state index in [-0.39, 0.29) is 0 Å². The van der Waals surface area contributed by atoms with Gasteiger partial charge in [0.2, 0.25) is 0 Å². The fourth-order valence-electron chi connectivity index (χ4n) is 2.99. The van der Waals surface area contributed by atoms with Crippen molar-refractivity contribution in [2.24, 2.45) is 5.73 Å². The number of rotatable bonds is 6. The average molecular weight is 326 g/mol. The zero-order valence-electron chi connectivity index (χ0n) is 12.7. The normalized spacial score (nSPS) is 16.2. The molecule has 1 heterocycles. The first kappa shape index (κ1) is 17.1. The predicted molar refractivity (Wildman–Crippen MR) is 88.4 cm³/mol. The van der Waals surface area contributed by atoms with E-state index < -0.39 is 6.09 Å². The monoisotopic (exact) mass is 325 g/mol. The van der Waals surface area contributed by atoms with Crippen LogP contribution >= 0.6 is 11.6 Å². The summed E-state index contributed by atoms with van der Waals surface area (Å²) in [5, 5.41) is 9.78. The zero-order chi connectivity index (χ0) is 15.9. The molecule has 3 N–H and O–H groups in total. The largest absolute Gasteiger partial charge is 0.465 e. The van der Waals surface area contributed by atoms with E-state index in [9.17, 15) is 4.79 Å². The van der Waals surface area contributed by atoms with E-state index in [4.69, 9.17) is 22.4 Å². The summed E-state index contributed by atoms with van der Waals surface area (Å²) in [5.74, 6) is 0. The molecule has 1 fully saturated rings. The lowest BCUT2D eigenvalue weighted by Crippen LogP contribution is -2.48. The summed E-state index contributed by atoms with van der Waals surface area (Å²) in [5.41, 5.74) is 7.00. The van der Waals surface area contributed by atoms with E-state index in [2.05, 4.69) is 17.0 Å². The van der Waals surface area contributed by atoms with Crippen LogP contribution in [-0.2, 0) is 6.42 Å². The van der Waals surface area contributed by atoms with Crippen molar-refractivity contribution in [3.8, 4) is 0 Å². The topological polar surface area (TPSA) is 69.8 Å². The summed E-state index contributed by atoms with van der Waals surface area (Å²) in [6, 6.07) is 8.35. The minimum Gasteiger partial charge on any atom is -0.465 e. The number of hydrogen-bond donors (Lipinski definition) is 2. The van der Waals surface area contributed by atoms with Gasteiger partial charge in [-0.2, -0.15) is 0 Å². The van der Waals surface area contributed by atoms with Gasteiger partial charge < -0.3 is 15.7 Å². The van der Waals surface area contributed by atoms with Crippen molar-refractivity contribution < 1.29 is 9.90 Å². The zero-order valence-corrected chi connectivity index (χ0v) is 13.5. The van der Waals surface area contributed by atoms with Crippen LogP contribution in [0.5, 0.6) is 0 Å². The van der Waals surface area contributed by atoms with Crippen LogP contribution in [0.25, 0.3) is 0 Å². The number of nitrogens with zero attached hydrogens (tertiary/aromatic N) is 2. The van der Waals surface area contributed by atoms with Crippen molar-refractivity contribution in [1.82, 2.24) is 9.80 Å². The Kier molecular flexibility index (Phi) is 6.49. The summed E-state index contributed by atoms with van der Waals surface area (Å²) >= 11 is 5.91. The predicted octanol–water partition coefficient (Wildman–Crippen LogP) is 2.29. The van der Waals surface area contributed by atoms with Crippen LogP contribution in [0.1, 0.15) is 18.4 Å². The minimum atomic E-state index is -0.815. The number of carbonyl (C=O) groups is 1. The number of nitrogens with two attached hydrogens (primary N) is 1. The maximum Gasteiger partial charge on any atom is 0.407 e. The molecule has 5 nitrogen and oxygen atoms in total. The molecule has 1 saturated heterocycles. The third-order valence-electron chi connectivity index (χ3n) is 4.27. The van der Waals surface area contributed by atoms with Gasteiger partial charge in [-0.3, -0.25) is 4.90 Å². The van der Waals surface area contributed by atoms with Crippen LogP contribution in [-0.4, -0.2) is 59.8 Å². The number of likely N-dealkylation sites (tertiary alicyclic amines) is 1. The number of hydrogen-bond acceptors (Lipinski definition) is 3. The van der Waals surface area contributed by atoms with Gasteiger partial charge in [0.05, 0.1) is 0 Å². The summed E-state index contributed by atoms with van der Waals surface area (Å²) in [4.78, 5) is 14.9. The van der Waals surface area contributed by atoms with Crippen molar-refractivity contribution in [2.45, 2.75) is 25.3 Å². The molecule has 0 unspecified atom stereocenters. The first-order valence-corrected chi connectivity index (χ1v) is 8.14. The number of halogens is 1. The third kappa shape index (κ3) is 4.87. The van der Waals surface area contributed by atoms with Crippen LogP contribution < -0.4 is 5.73 Å². The summed E-state index contributed by atoms with van der Waals surface area (Å²) < 4.78 is 0. The minimum absolute atomic E-state index is 0.423. The smallest absolute Gasteiger partial charge is 0.407 e. The van der Waals surface area contributed by atoms with Gasteiger partial charge in [0, 0.05) is 43.8 Å². The Morgan fingerprint density at radius 3 is 2.45 bits per heavy atom. The van der Waals surface area contributed by atoms with E-state index in [1.54, 1.807) is 0 Å². The van der Waals surface area contributed by atoms with Crippen LogP contribution in [0.2, 0.25) is 5.02 Å². The molecular weight excluding hydrogens is 302 g/mol. The van der Waals surface area contributed by atoms with Crippen molar-refractivity contribution in [3.05, 3.63) is 34.9 Å². The van der Waals surface area contributed by atoms with Gasteiger partial charge in [-0.15, -0.1) is 0 Å². The van der Waals surface area contributed by atoms with Gasteiger partial charge in [0.25, 0.3) is 0 Å². The quantitative estimate of drug-likeness (QED) is 0.842. The molecule has 1 aliphatic rings. The standard InChI is InChI=1S/C16H24ClN3O2/c17-14-3-1-13(2-4-14)5-9-19(12-8-18)15-6-10-20(11-7-15)16(21)22/h1-4,15H,5-12,18H2,(H,21,22). The molecule has 0 spiro atoms. The van der Waals surface area contributed by atoms with Crippen molar-refractivity contribution >= 4 is 17.7 Å². The molecule has 0 aliphatic carbocycles. The summed E-state index contributed by atoms with van der Waals surface area (Å²) in [6.07, 6.45) is 1.90. The maximum absolute atomic E-state index is 11.0. The van der Waals surface area contributed by atoms with Gasteiger partial charge in [0.1, 0.15) is 0 Å². The Bertz CT molecular complexity index is 473. The number of carboxylic acid groups (broad SMARTS) is 1. The second-order valence-corrected chi connectivity index (χ2v) is 6.14. The molecule has 6 heteroatoms. The highest BCUT2D eigenvalue weighted by atomic mass is 35.5. The Morgan fingerprint density at radius 1 is 1.27 bits per heavy atom. The van der Waals surface area contributed by atoms with Crippen molar-refractivity contribution in [2.75, 3.05) is 32.7 Å². The van der Waals surface area contributed by atoms with Crippen LogP contribution in [0, 0.1) is 0 Å². The first-order valence-electron chi connectivity index (χ1n) is 7.76. The lowest BCUT2D eigenvalue weighted by atomic mass is 10.0. The lowest BCUT2D eigenvalue weighted by Gasteiger charge is -2.37. The Labute approximate surface area is 136 Å². The molecule has 1 aromatic rings. The lowest BCUT2D eigenvalue weighted by molar-refractivity contribution is 0.0966. The highest BCUT2D eigenvalue weighted by Crippen LogP contribution is 2.17. The summed E-state index contributed by atoms with van der Waals surface area (Å²) in [6.45, 7) is 3.64. The number of amides is 1. The molecule has 22 heavy (non-hydrogen) atoms. The molecule has 0 saturated carbocycles. The second kappa shape index (κ2) is 8.36.